The summed E-state index contributed by atoms with van der Waals surface area (Å²) in [5.74, 6) is -1.43. The fourth-order valence-electron chi connectivity index (χ4n) is 2.14. The molecule has 0 aliphatic carbocycles. The van der Waals surface area contributed by atoms with Gasteiger partial charge in [-0.25, -0.2) is 4.39 Å². The molecular weight excluding hydrogens is 362 g/mol. The van der Waals surface area contributed by atoms with Gasteiger partial charge in [0.1, 0.15) is 11.4 Å². The molecule has 0 fully saturated rings. The maximum atomic E-state index is 13.4. The van der Waals surface area contributed by atoms with Gasteiger partial charge in [0.15, 0.2) is 0 Å². The highest BCUT2D eigenvalue weighted by Gasteiger charge is 2.34. The van der Waals surface area contributed by atoms with Crippen LogP contribution in [0.3, 0.4) is 0 Å². The molecule has 2 heterocycles. The second kappa shape index (κ2) is 7.18. The second-order valence-electron chi connectivity index (χ2n) is 5.01. The summed E-state index contributed by atoms with van der Waals surface area (Å²) in [6.45, 7) is 0. The zero-order valence-corrected chi connectivity index (χ0v) is 13.4. The number of aromatic nitrogens is 1. The fraction of sp³-hybridized carbons (Fsp3) is 0.200. The number of primary amides is 1. The molecule has 134 valence electrons. The average molecular weight is 375 g/mol. The Bertz CT molecular complexity index is 900. The molecule has 5 nitrogen and oxygen atoms in total. The number of nitrogens with two attached hydrogens (primary N) is 2. The van der Waals surface area contributed by atoms with Gasteiger partial charge in [0, 0.05) is 11.1 Å². The molecule has 5 N–H and O–H groups in total. The van der Waals surface area contributed by atoms with E-state index in [4.69, 9.17) is 11.5 Å². The Hall–Kier alpha value is -2.49. The molecule has 25 heavy (non-hydrogen) atoms. The zero-order valence-electron chi connectivity index (χ0n) is 12.6. The Morgan fingerprint density at radius 1 is 1.28 bits per heavy atom. The lowest BCUT2D eigenvalue weighted by Gasteiger charge is -2.11. The number of carbonyl (C=O) groups excluding carboxylic acids is 1. The molecule has 2 aromatic rings. The molecule has 3 rings (SSSR count). The van der Waals surface area contributed by atoms with Crippen LogP contribution in [0.25, 0.3) is 10.9 Å². The SMILES string of the molecule is C1=CSCC1.NC(=O)c1c(N)c2cc(F)c(C(F)(F)F)cc2[nH]c1=O. The van der Waals surface area contributed by atoms with Gasteiger partial charge in [0.25, 0.3) is 11.5 Å². The Labute approximate surface area is 143 Å². The van der Waals surface area contributed by atoms with Gasteiger partial charge in [0.05, 0.1) is 16.8 Å². The standard InChI is InChI=1S/C11H7F4N3O2.C4H6S/c12-5-1-3-6(2-4(5)11(13,14)15)18-10(20)7(8(3)16)9(17)19;1-2-4-5-3-1/h1-2H,(H2,17,19)(H3,16,18,20);1,3H,2,4H2. The first-order valence-corrected chi connectivity index (χ1v) is 7.96. The maximum Gasteiger partial charge on any atom is 0.419 e. The van der Waals surface area contributed by atoms with Crippen molar-refractivity contribution in [3.8, 4) is 0 Å². The van der Waals surface area contributed by atoms with E-state index in [1.54, 1.807) is 0 Å². The van der Waals surface area contributed by atoms with Gasteiger partial charge in [-0.2, -0.15) is 13.2 Å². The molecule has 0 spiro atoms. The van der Waals surface area contributed by atoms with Crippen molar-refractivity contribution in [3.63, 3.8) is 0 Å². The first kappa shape index (κ1) is 18.8. The van der Waals surface area contributed by atoms with Gasteiger partial charge in [-0.15, -0.1) is 11.8 Å². The zero-order chi connectivity index (χ0) is 18.8. The number of fused-ring (bicyclic) bond motifs is 1. The minimum absolute atomic E-state index is 0.232. The molecule has 0 bridgehead atoms. The number of alkyl halides is 3. The van der Waals surface area contributed by atoms with Crippen LogP contribution in [0.1, 0.15) is 22.3 Å². The number of rotatable bonds is 1. The smallest absolute Gasteiger partial charge is 0.397 e. The quantitative estimate of drug-likeness (QED) is 0.667. The molecule has 0 saturated heterocycles. The summed E-state index contributed by atoms with van der Waals surface area (Å²) in [7, 11) is 0. The number of carbonyl (C=O) groups is 1. The minimum atomic E-state index is -4.92. The van der Waals surface area contributed by atoms with E-state index in [1.165, 1.54) is 12.2 Å². The summed E-state index contributed by atoms with van der Waals surface area (Å²) < 4.78 is 51.1. The molecule has 0 atom stereocenters. The summed E-state index contributed by atoms with van der Waals surface area (Å²) >= 11 is 1.89. The van der Waals surface area contributed by atoms with Crippen LogP contribution in [0.5, 0.6) is 0 Å². The molecule has 1 aliphatic heterocycles. The minimum Gasteiger partial charge on any atom is -0.397 e. The molecule has 0 saturated carbocycles. The number of halogens is 4. The van der Waals surface area contributed by atoms with E-state index in [9.17, 15) is 27.2 Å². The summed E-state index contributed by atoms with van der Waals surface area (Å²) in [4.78, 5) is 24.6. The highest BCUT2D eigenvalue weighted by molar-refractivity contribution is 8.02. The first-order valence-electron chi connectivity index (χ1n) is 6.91. The fourth-order valence-corrected chi connectivity index (χ4v) is 2.82. The summed E-state index contributed by atoms with van der Waals surface area (Å²) in [6, 6.07) is 0.906. The number of H-pyrrole nitrogens is 1. The topological polar surface area (TPSA) is 102 Å². The molecule has 1 aliphatic rings. The van der Waals surface area contributed by atoms with Crippen LogP contribution < -0.4 is 17.0 Å². The lowest BCUT2D eigenvalue weighted by Crippen LogP contribution is -2.25. The lowest BCUT2D eigenvalue weighted by molar-refractivity contribution is -0.139. The van der Waals surface area contributed by atoms with E-state index in [0.717, 1.165) is 0 Å². The highest BCUT2D eigenvalue weighted by atomic mass is 32.2. The van der Waals surface area contributed by atoms with Crippen LogP contribution in [0, 0.1) is 5.82 Å². The van der Waals surface area contributed by atoms with Crippen molar-refractivity contribution in [2.75, 3.05) is 11.5 Å². The van der Waals surface area contributed by atoms with Gasteiger partial charge >= 0.3 is 6.18 Å². The third kappa shape index (κ3) is 4.13. The molecular formula is C15H13F4N3O2S. The van der Waals surface area contributed by atoms with Crippen molar-refractivity contribution in [2.24, 2.45) is 5.73 Å². The number of thioether (sulfide) groups is 1. The van der Waals surface area contributed by atoms with Crippen LogP contribution >= 0.6 is 11.8 Å². The van der Waals surface area contributed by atoms with Crippen molar-refractivity contribution in [1.29, 1.82) is 0 Å². The average Bonchev–Trinajstić information content (AvgIpc) is 3.05. The first-order chi connectivity index (χ1) is 11.6. The van der Waals surface area contributed by atoms with Crippen LogP contribution in [0.15, 0.2) is 28.4 Å². The summed E-state index contributed by atoms with van der Waals surface area (Å²) in [5.41, 5.74) is 6.38. The third-order valence-electron chi connectivity index (χ3n) is 3.29. The summed E-state index contributed by atoms with van der Waals surface area (Å²) in [6.07, 6.45) is -1.44. The van der Waals surface area contributed by atoms with Crippen molar-refractivity contribution < 1.29 is 22.4 Å². The van der Waals surface area contributed by atoms with E-state index in [1.807, 2.05) is 16.7 Å². The highest BCUT2D eigenvalue weighted by Crippen LogP contribution is 2.34. The molecule has 1 amide bonds. The monoisotopic (exact) mass is 375 g/mol. The van der Waals surface area contributed by atoms with E-state index in [0.29, 0.717) is 12.1 Å². The van der Waals surface area contributed by atoms with Gasteiger partial charge in [0.2, 0.25) is 0 Å². The van der Waals surface area contributed by atoms with E-state index in [-0.39, 0.29) is 10.9 Å². The van der Waals surface area contributed by atoms with E-state index in [2.05, 4.69) is 11.5 Å². The second-order valence-corrected chi connectivity index (χ2v) is 6.03. The number of benzene rings is 1. The molecule has 10 heteroatoms. The number of amides is 1. The van der Waals surface area contributed by atoms with E-state index < -0.39 is 40.3 Å². The van der Waals surface area contributed by atoms with Crippen LogP contribution in [0.4, 0.5) is 23.2 Å². The van der Waals surface area contributed by atoms with Crippen LogP contribution in [-0.4, -0.2) is 16.6 Å². The predicted octanol–water partition coefficient (Wildman–Crippen LogP) is 3.00. The Morgan fingerprint density at radius 3 is 2.40 bits per heavy atom. The number of nitrogen functional groups attached to an aromatic ring is 1. The van der Waals surface area contributed by atoms with Crippen molar-refractivity contribution in [2.45, 2.75) is 12.6 Å². The predicted molar refractivity (Wildman–Crippen MR) is 88.7 cm³/mol. The molecule has 1 aromatic heterocycles. The van der Waals surface area contributed by atoms with Gasteiger partial charge in [-0.3, -0.25) is 9.59 Å². The van der Waals surface area contributed by atoms with Crippen molar-refractivity contribution in [1.82, 2.24) is 4.98 Å². The maximum absolute atomic E-state index is 13.4. The van der Waals surface area contributed by atoms with Gasteiger partial charge in [-0.1, -0.05) is 6.08 Å². The molecule has 1 aromatic carbocycles. The Morgan fingerprint density at radius 2 is 1.96 bits per heavy atom. The molecule has 0 unspecified atom stereocenters. The Balaban J connectivity index is 0.000000386. The third-order valence-corrected chi connectivity index (χ3v) is 4.14. The van der Waals surface area contributed by atoms with E-state index >= 15 is 0 Å². The number of nitrogens with one attached hydrogen (secondary N) is 1. The van der Waals surface area contributed by atoms with Gasteiger partial charge in [-0.05, 0) is 24.0 Å². The number of anilines is 1. The number of hydrogen-bond donors (Lipinski definition) is 3. The van der Waals surface area contributed by atoms with Gasteiger partial charge < -0.3 is 16.5 Å². The normalized spacial score (nSPS) is 13.6. The number of hydrogen-bond acceptors (Lipinski definition) is 4. The number of pyridine rings is 1. The number of allylic oxidation sites excluding steroid dienone is 1. The molecule has 0 radical (unpaired) electrons. The Kier molecular flexibility index (Phi) is 5.41. The van der Waals surface area contributed by atoms with Crippen LogP contribution in [-0.2, 0) is 6.18 Å². The van der Waals surface area contributed by atoms with Crippen LogP contribution in [0.2, 0.25) is 0 Å². The van der Waals surface area contributed by atoms with Crippen molar-refractivity contribution in [3.05, 3.63) is 50.9 Å². The summed E-state index contributed by atoms with van der Waals surface area (Å²) in [5, 5.41) is 1.92. The largest absolute Gasteiger partial charge is 0.419 e. The lowest BCUT2D eigenvalue weighted by atomic mass is 10.1. The van der Waals surface area contributed by atoms with Crippen molar-refractivity contribution >= 4 is 34.3 Å². The number of aromatic amines is 1.